The fourth-order valence-corrected chi connectivity index (χ4v) is 4.43. The van der Waals surface area contributed by atoms with E-state index in [0.717, 1.165) is 40.3 Å². The van der Waals surface area contributed by atoms with Crippen molar-refractivity contribution in [1.29, 1.82) is 0 Å². The molecular weight excluding hydrogens is 342 g/mol. The number of fused-ring (bicyclic) bond motifs is 3. The van der Waals surface area contributed by atoms with Crippen molar-refractivity contribution in [2.24, 2.45) is 5.73 Å². The van der Waals surface area contributed by atoms with Crippen molar-refractivity contribution < 1.29 is 0 Å². The minimum atomic E-state index is 0.542. The number of nitrogens with one attached hydrogen (secondary N) is 1. The van der Waals surface area contributed by atoms with Gasteiger partial charge in [0.25, 0.3) is 0 Å². The smallest absolute Gasteiger partial charge is 0.142 e. The van der Waals surface area contributed by atoms with Gasteiger partial charge < -0.3 is 11.1 Å². The number of rotatable bonds is 3. The van der Waals surface area contributed by atoms with Crippen LogP contribution in [-0.4, -0.2) is 15.0 Å². The molecule has 1 aliphatic carbocycles. The molecule has 0 fully saturated rings. The van der Waals surface area contributed by atoms with Crippen LogP contribution in [0.5, 0.6) is 0 Å². The van der Waals surface area contributed by atoms with Crippen LogP contribution < -0.4 is 11.1 Å². The molecule has 0 bridgehead atoms. The van der Waals surface area contributed by atoms with E-state index in [9.17, 15) is 0 Å². The Labute approximate surface area is 148 Å². The number of aryl methyl sites for hydroxylation is 2. The molecule has 0 aromatic carbocycles. The fourth-order valence-electron chi connectivity index (χ4n) is 3.05. The SMILES string of the molecule is NC=Cc1cc(Nc2ncnc3sc4c(c23)CCCC4)c(Cl)cn1. The van der Waals surface area contributed by atoms with Gasteiger partial charge in [-0.05, 0) is 49.6 Å². The molecule has 0 spiro atoms. The standard InChI is InChI=1S/C17H16ClN5S/c18-12-8-20-10(5-6-19)7-13(12)23-16-15-11-3-1-2-4-14(11)24-17(15)22-9-21-16/h5-9H,1-4,19H2,(H,20,21,22,23). The Bertz CT molecular complexity index is 934. The molecule has 3 aromatic rings. The first-order valence-corrected chi connectivity index (χ1v) is 9.02. The molecule has 0 amide bonds. The van der Waals surface area contributed by atoms with E-state index in [2.05, 4.69) is 20.3 Å². The van der Waals surface area contributed by atoms with Gasteiger partial charge in [0.1, 0.15) is 17.0 Å². The van der Waals surface area contributed by atoms with Gasteiger partial charge in [-0.25, -0.2) is 9.97 Å². The number of hydrogen-bond acceptors (Lipinski definition) is 6. The average Bonchev–Trinajstić information content (AvgIpc) is 2.97. The van der Waals surface area contributed by atoms with E-state index in [0.29, 0.717) is 5.02 Å². The Morgan fingerprint density at radius 3 is 2.96 bits per heavy atom. The van der Waals surface area contributed by atoms with Crippen LogP contribution in [0.15, 0.2) is 24.8 Å². The first-order valence-electron chi connectivity index (χ1n) is 7.82. The summed E-state index contributed by atoms with van der Waals surface area (Å²) in [5.41, 5.74) is 8.33. The lowest BCUT2D eigenvalue weighted by atomic mass is 9.97. The van der Waals surface area contributed by atoms with Gasteiger partial charge in [-0.15, -0.1) is 11.3 Å². The summed E-state index contributed by atoms with van der Waals surface area (Å²) in [5.74, 6) is 0.801. The third-order valence-corrected chi connectivity index (χ3v) is 5.65. The number of anilines is 2. The molecule has 0 atom stereocenters. The summed E-state index contributed by atoms with van der Waals surface area (Å²) in [6.07, 6.45) is 11.1. The Hall–Kier alpha value is -2.18. The van der Waals surface area contributed by atoms with Gasteiger partial charge >= 0.3 is 0 Å². The minimum Gasteiger partial charge on any atom is -0.405 e. The van der Waals surface area contributed by atoms with E-state index in [4.69, 9.17) is 17.3 Å². The van der Waals surface area contributed by atoms with Crippen molar-refractivity contribution in [3.63, 3.8) is 0 Å². The van der Waals surface area contributed by atoms with Crippen molar-refractivity contribution in [2.45, 2.75) is 25.7 Å². The van der Waals surface area contributed by atoms with Gasteiger partial charge in [0, 0.05) is 11.1 Å². The van der Waals surface area contributed by atoms with Gasteiger partial charge in [0.05, 0.1) is 21.8 Å². The molecule has 4 rings (SSSR count). The summed E-state index contributed by atoms with van der Waals surface area (Å²) in [6, 6.07) is 1.86. The molecule has 3 N–H and O–H groups in total. The summed E-state index contributed by atoms with van der Waals surface area (Å²) in [4.78, 5) is 15.6. The third kappa shape index (κ3) is 2.72. The van der Waals surface area contributed by atoms with Crippen LogP contribution in [0.1, 0.15) is 29.0 Å². The highest BCUT2D eigenvalue weighted by molar-refractivity contribution is 7.19. The third-order valence-electron chi connectivity index (χ3n) is 4.15. The number of aromatic nitrogens is 3. The zero-order valence-electron chi connectivity index (χ0n) is 12.9. The van der Waals surface area contributed by atoms with E-state index >= 15 is 0 Å². The number of hydrogen-bond donors (Lipinski definition) is 2. The van der Waals surface area contributed by atoms with Gasteiger partial charge in [-0.3, -0.25) is 4.98 Å². The average molecular weight is 358 g/mol. The topological polar surface area (TPSA) is 76.7 Å². The fraction of sp³-hybridized carbons (Fsp3) is 0.235. The molecule has 7 heteroatoms. The zero-order valence-corrected chi connectivity index (χ0v) is 14.5. The van der Waals surface area contributed by atoms with Gasteiger partial charge in [0.15, 0.2) is 0 Å². The number of nitrogens with zero attached hydrogens (tertiary/aromatic N) is 3. The van der Waals surface area contributed by atoms with Gasteiger partial charge in [-0.2, -0.15) is 0 Å². The lowest BCUT2D eigenvalue weighted by molar-refractivity contribution is 0.700. The lowest BCUT2D eigenvalue weighted by Gasteiger charge is -2.13. The van der Waals surface area contributed by atoms with E-state index < -0.39 is 0 Å². The van der Waals surface area contributed by atoms with Crippen LogP contribution in [0.4, 0.5) is 11.5 Å². The summed E-state index contributed by atoms with van der Waals surface area (Å²) >= 11 is 8.07. The van der Waals surface area contributed by atoms with Crippen LogP contribution in [0, 0.1) is 0 Å². The molecule has 0 unspecified atom stereocenters. The molecule has 5 nitrogen and oxygen atoms in total. The quantitative estimate of drug-likeness (QED) is 0.731. The van der Waals surface area contributed by atoms with E-state index in [1.165, 1.54) is 29.5 Å². The molecule has 3 aromatic heterocycles. The Balaban J connectivity index is 1.80. The van der Waals surface area contributed by atoms with Crippen molar-refractivity contribution in [1.82, 2.24) is 15.0 Å². The van der Waals surface area contributed by atoms with E-state index in [1.807, 2.05) is 6.07 Å². The second-order valence-electron chi connectivity index (χ2n) is 5.69. The molecule has 0 saturated heterocycles. The molecule has 0 saturated carbocycles. The molecule has 0 radical (unpaired) electrons. The highest BCUT2D eigenvalue weighted by atomic mass is 35.5. The van der Waals surface area contributed by atoms with E-state index in [-0.39, 0.29) is 0 Å². The second kappa shape index (κ2) is 6.37. The Morgan fingerprint density at radius 1 is 1.21 bits per heavy atom. The first-order chi connectivity index (χ1) is 11.8. The zero-order chi connectivity index (χ0) is 16.5. The monoisotopic (exact) mass is 357 g/mol. The normalized spacial score (nSPS) is 14.2. The summed E-state index contributed by atoms with van der Waals surface area (Å²) in [7, 11) is 0. The molecule has 122 valence electrons. The number of nitrogens with two attached hydrogens (primary N) is 1. The summed E-state index contributed by atoms with van der Waals surface area (Å²) < 4.78 is 0. The van der Waals surface area contributed by atoms with Crippen LogP contribution in [0.3, 0.4) is 0 Å². The van der Waals surface area contributed by atoms with Crippen molar-refractivity contribution in [2.75, 3.05) is 5.32 Å². The number of thiophene rings is 1. The largest absolute Gasteiger partial charge is 0.405 e. The number of halogens is 1. The Kier molecular flexibility index (Phi) is 4.08. The molecule has 1 aliphatic rings. The van der Waals surface area contributed by atoms with Crippen molar-refractivity contribution in [3.8, 4) is 0 Å². The Morgan fingerprint density at radius 2 is 2.08 bits per heavy atom. The summed E-state index contributed by atoms with van der Waals surface area (Å²) in [5, 5.41) is 5.03. The molecule has 24 heavy (non-hydrogen) atoms. The molecular formula is C17H16ClN5S. The predicted molar refractivity (Wildman–Crippen MR) is 99.8 cm³/mol. The molecule has 3 heterocycles. The van der Waals surface area contributed by atoms with Crippen LogP contribution >= 0.6 is 22.9 Å². The number of pyridine rings is 1. The van der Waals surface area contributed by atoms with Gasteiger partial charge in [0.2, 0.25) is 0 Å². The highest BCUT2D eigenvalue weighted by Gasteiger charge is 2.20. The van der Waals surface area contributed by atoms with Crippen molar-refractivity contribution >= 4 is 50.7 Å². The maximum Gasteiger partial charge on any atom is 0.142 e. The predicted octanol–water partition coefficient (Wildman–Crippen LogP) is 4.29. The van der Waals surface area contributed by atoms with Crippen molar-refractivity contribution in [3.05, 3.63) is 45.9 Å². The van der Waals surface area contributed by atoms with Gasteiger partial charge in [-0.1, -0.05) is 11.6 Å². The summed E-state index contributed by atoms with van der Waals surface area (Å²) in [6.45, 7) is 0. The molecule has 0 aliphatic heterocycles. The van der Waals surface area contributed by atoms with Crippen LogP contribution in [0.2, 0.25) is 5.02 Å². The maximum atomic E-state index is 6.29. The van der Waals surface area contributed by atoms with E-state index in [1.54, 1.807) is 29.9 Å². The minimum absolute atomic E-state index is 0.542. The lowest BCUT2D eigenvalue weighted by Crippen LogP contribution is -2.01. The highest BCUT2D eigenvalue weighted by Crippen LogP contribution is 2.39. The first kappa shape index (κ1) is 15.4. The van der Waals surface area contributed by atoms with Crippen LogP contribution in [-0.2, 0) is 12.8 Å². The second-order valence-corrected chi connectivity index (χ2v) is 7.18. The van der Waals surface area contributed by atoms with Crippen LogP contribution in [0.25, 0.3) is 16.3 Å². The maximum absolute atomic E-state index is 6.29.